The number of fused-ring (bicyclic) bond motifs is 2. The van der Waals surface area contributed by atoms with E-state index in [0.717, 1.165) is 11.3 Å². The van der Waals surface area contributed by atoms with Crippen molar-refractivity contribution in [2.45, 2.75) is 24.0 Å². The van der Waals surface area contributed by atoms with Crippen molar-refractivity contribution < 1.29 is 14.8 Å². The maximum atomic E-state index is 11.2. The lowest BCUT2D eigenvalue weighted by molar-refractivity contribution is -0.384. The minimum atomic E-state index is -0.926. The third-order valence-electron chi connectivity index (χ3n) is 6.06. The molecule has 30 heavy (non-hydrogen) atoms. The molecule has 1 atom stereocenters. The summed E-state index contributed by atoms with van der Waals surface area (Å²) in [5.74, 6) is 0.566. The number of aliphatic hydroxyl groups excluding tert-OH is 1. The van der Waals surface area contributed by atoms with Crippen LogP contribution in [-0.4, -0.2) is 28.9 Å². The van der Waals surface area contributed by atoms with Gasteiger partial charge in [0.25, 0.3) is 5.69 Å². The van der Waals surface area contributed by atoms with Gasteiger partial charge in [-0.2, -0.15) is 0 Å². The molecule has 0 radical (unpaired) electrons. The van der Waals surface area contributed by atoms with Crippen LogP contribution in [0.15, 0.2) is 73.9 Å². The van der Waals surface area contributed by atoms with E-state index in [1.54, 1.807) is 6.07 Å². The summed E-state index contributed by atoms with van der Waals surface area (Å²) in [5.41, 5.74) is 1.33. The molecule has 0 fully saturated rings. The van der Waals surface area contributed by atoms with Crippen molar-refractivity contribution in [2.24, 2.45) is 0 Å². The minimum Gasteiger partial charge on any atom is -0.463 e. The van der Waals surface area contributed by atoms with Crippen LogP contribution < -0.4 is 9.64 Å². The molecule has 2 aromatic rings. The van der Waals surface area contributed by atoms with E-state index >= 15 is 0 Å². The molecular formula is C24H24N2O4. The molecule has 0 aromatic heterocycles. The van der Waals surface area contributed by atoms with Crippen molar-refractivity contribution in [3.8, 4) is 5.75 Å². The number of ether oxygens (including phenoxy) is 1. The van der Waals surface area contributed by atoms with Gasteiger partial charge in [0.05, 0.1) is 16.9 Å². The summed E-state index contributed by atoms with van der Waals surface area (Å²) in [6.07, 6.45) is 8.86. The zero-order valence-corrected chi connectivity index (χ0v) is 16.7. The zero-order chi connectivity index (χ0) is 21.4. The number of benzene rings is 2. The Kier molecular flexibility index (Phi) is 4.95. The van der Waals surface area contributed by atoms with Gasteiger partial charge >= 0.3 is 0 Å². The Hall–Kier alpha value is -3.38. The maximum absolute atomic E-state index is 11.2. The Morgan fingerprint density at radius 2 is 1.90 bits per heavy atom. The Labute approximate surface area is 175 Å². The monoisotopic (exact) mass is 404 g/mol. The predicted octanol–water partition coefficient (Wildman–Crippen LogP) is 4.60. The van der Waals surface area contributed by atoms with Crippen LogP contribution in [0.2, 0.25) is 0 Å². The average Bonchev–Trinajstić information content (AvgIpc) is 2.95. The maximum Gasteiger partial charge on any atom is 0.270 e. The van der Waals surface area contributed by atoms with Crippen molar-refractivity contribution in [3.63, 3.8) is 0 Å². The Balaban J connectivity index is 1.95. The van der Waals surface area contributed by atoms with Crippen LogP contribution in [-0.2, 0) is 5.41 Å². The number of nitrogens with zero attached hydrogens (tertiary/aromatic N) is 2. The first-order chi connectivity index (χ1) is 14.5. The van der Waals surface area contributed by atoms with Gasteiger partial charge in [-0.3, -0.25) is 10.1 Å². The van der Waals surface area contributed by atoms with E-state index in [1.165, 1.54) is 12.1 Å². The molecule has 2 aliphatic heterocycles. The van der Waals surface area contributed by atoms with Crippen LogP contribution in [0.25, 0.3) is 6.08 Å². The molecule has 6 heteroatoms. The number of aliphatic hydroxyl groups is 1. The Morgan fingerprint density at radius 3 is 2.57 bits per heavy atom. The first kappa shape index (κ1) is 19.9. The molecule has 0 bridgehead atoms. The second-order valence-corrected chi connectivity index (χ2v) is 7.57. The molecule has 0 saturated carbocycles. The molecule has 1 spiro atoms. The van der Waals surface area contributed by atoms with Gasteiger partial charge < -0.3 is 14.7 Å². The Morgan fingerprint density at radius 1 is 1.17 bits per heavy atom. The molecule has 154 valence electrons. The summed E-state index contributed by atoms with van der Waals surface area (Å²) in [7, 11) is 0. The number of nitro benzene ring substituents is 1. The molecule has 0 saturated heterocycles. The molecule has 4 rings (SSSR count). The number of allylic oxidation sites excluding steroid dienone is 2. The van der Waals surface area contributed by atoms with E-state index in [9.17, 15) is 15.2 Å². The predicted molar refractivity (Wildman–Crippen MR) is 118 cm³/mol. The quantitative estimate of drug-likeness (QED) is 0.415. The molecule has 2 heterocycles. The van der Waals surface area contributed by atoms with Gasteiger partial charge in [0.1, 0.15) is 5.75 Å². The van der Waals surface area contributed by atoms with Gasteiger partial charge in [-0.1, -0.05) is 30.4 Å². The molecular weight excluding hydrogens is 380 g/mol. The number of rotatable bonds is 7. The first-order valence-corrected chi connectivity index (χ1v) is 9.89. The summed E-state index contributed by atoms with van der Waals surface area (Å²) < 4.78 is 6.69. The summed E-state index contributed by atoms with van der Waals surface area (Å²) in [6, 6.07) is 12.7. The van der Waals surface area contributed by atoms with E-state index in [-0.39, 0.29) is 12.3 Å². The lowest BCUT2D eigenvalue weighted by atomic mass is 9.68. The second-order valence-electron chi connectivity index (χ2n) is 7.57. The number of hydrogen-bond donors (Lipinski definition) is 1. The summed E-state index contributed by atoms with van der Waals surface area (Å²) in [6.45, 7) is 8.32. The standard InChI is InChI=1S/C24H24N2O4/c1-3-12-23(13-4-2)20-7-5-6-8-21(20)25(15-16-27)24(23)14-11-18-17-19(26(28)29)9-10-22(18)30-24/h3-11,14,17,27H,1-2,12-13,15-16H2. The Bertz CT molecular complexity index is 1040. The third kappa shape index (κ3) is 2.68. The third-order valence-corrected chi connectivity index (χ3v) is 6.06. The summed E-state index contributed by atoms with van der Waals surface area (Å²) in [4.78, 5) is 12.8. The normalized spacial score (nSPS) is 20.4. The fourth-order valence-electron chi connectivity index (χ4n) is 4.90. The van der Waals surface area contributed by atoms with Gasteiger partial charge in [-0.05, 0) is 42.7 Å². The lowest BCUT2D eigenvalue weighted by Crippen LogP contribution is -2.62. The molecule has 2 aromatic carbocycles. The van der Waals surface area contributed by atoms with E-state index in [4.69, 9.17) is 4.74 Å². The molecule has 1 unspecified atom stereocenters. The van der Waals surface area contributed by atoms with Crippen LogP contribution in [0.4, 0.5) is 11.4 Å². The first-order valence-electron chi connectivity index (χ1n) is 9.89. The van der Waals surface area contributed by atoms with Crippen molar-refractivity contribution in [1.29, 1.82) is 0 Å². The largest absolute Gasteiger partial charge is 0.463 e. The molecule has 0 amide bonds. The number of β-amino-alcohol motifs (C(OH)–C–C–N with tert-alkyl or cyclic N) is 1. The highest BCUT2D eigenvalue weighted by molar-refractivity contribution is 5.74. The van der Waals surface area contributed by atoms with E-state index in [2.05, 4.69) is 24.1 Å². The zero-order valence-electron chi connectivity index (χ0n) is 16.7. The van der Waals surface area contributed by atoms with Crippen molar-refractivity contribution in [1.82, 2.24) is 0 Å². The average molecular weight is 404 g/mol. The van der Waals surface area contributed by atoms with E-state index in [1.807, 2.05) is 42.5 Å². The number of anilines is 1. The lowest BCUT2D eigenvalue weighted by Gasteiger charge is -2.49. The molecule has 2 aliphatic rings. The molecule has 0 aliphatic carbocycles. The van der Waals surface area contributed by atoms with Crippen LogP contribution in [0, 0.1) is 10.1 Å². The highest BCUT2D eigenvalue weighted by Gasteiger charge is 2.62. The SMILES string of the molecule is C=CCC1(CC=C)c2ccccc2N(CCO)C12C=Cc1cc([N+](=O)[O-])ccc1O2. The fraction of sp³-hybridized carbons (Fsp3) is 0.250. The molecule has 1 N–H and O–H groups in total. The number of para-hydroxylation sites is 1. The van der Waals surface area contributed by atoms with Gasteiger partial charge in [-0.25, -0.2) is 0 Å². The fourth-order valence-corrected chi connectivity index (χ4v) is 4.90. The van der Waals surface area contributed by atoms with E-state index in [0.29, 0.717) is 30.7 Å². The molecule has 6 nitrogen and oxygen atoms in total. The van der Waals surface area contributed by atoms with Crippen LogP contribution >= 0.6 is 0 Å². The topological polar surface area (TPSA) is 75.8 Å². The van der Waals surface area contributed by atoms with Crippen molar-refractivity contribution >= 4 is 17.5 Å². The second kappa shape index (κ2) is 7.46. The van der Waals surface area contributed by atoms with Gasteiger partial charge in [0.15, 0.2) is 0 Å². The smallest absolute Gasteiger partial charge is 0.270 e. The number of nitro groups is 1. The van der Waals surface area contributed by atoms with Gasteiger partial charge in [-0.15, -0.1) is 13.2 Å². The van der Waals surface area contributed by atoms with Gasteiger partial charge in [0, 0.05) is 29.9 Å². The summed E-state index contributed by atoms with van der Waals surface area (Å²) >= 11 is 0. The van der Waals surface area contributed by atoms with Crippen molar-refractivity contribution in [2.75, 3.05) is 18.1 Å². The highest BCUT2D eigenvalue weighted by atomic mass is 16.6. The highest BCUT2D eigenvalue weighted by Crippen LogP contribution is 2.58. The van der Waals surface area contributed by atoms with Crippen LogP contribution in [0.3, 0.4) is 0 Å². The van der Waals surface area contributed by atoms with Crippen molar-refractivity contribution in [3.05, 3.63) is 95.1 Å². The minimum absolute atomic E-state index is 0.0170. The summed E-state index contributed by atoms with van der Waals surface area (Å²) in [5, 5.41) is 21.0. The number of hydrogen-bond acceptors (Lipinski definition) is 5. The number of non-ortho nitro benzene ring substituents is 1. The van der Waals surface area contributed by atoms with Gasteiger partial charge in [0.2, 0.25) is 5.72 Å². The van der Waals surface area contributed by atoms with Crippen LogP contribution in [0.1, 0.15) is 24.0 Å². The van der Waals surface area contributed by atoms with Crippen LogP contribution in [0.5, 0.6) is 5.75 Å². The van der Waals surface area contributed by atoms with E-state index < -0.39 is 16.1 Å².